The number of methoxy groups -OCH3 is 1. The summed E-state index contributed by atoms with van der Waals surface area (Å²) in [6.07, 6.45) is -0.0513. The third-order valence-electron chi connectivity index (χ3n) is 4.69. The number of rotatable bonds is 10. The molecule has 162 valence electrons. The van der Waals surface area contributed by atoms with Gasteiger partial charge in [-0.05, 0) is 53.9 Å². The van der Waals surface area contributed by atoms with E-state index in [4.69, 9.17) is 14.2 Å². The van der Waals surface area contributed by atoms with Gasteiger partial charge in [0.05, 0.1) is 7.11 Å². The molecular formula is C25H26FNO4. The van der Waals surface area contributed by atoms with Crippen molar-refractivity contribution in [1.82, 2.24) is 5.32 Å². The van der Waals surface area contributed by atoms with Crippen LogP contribution in [0.15, 0.2) is 72.8 Å². The van der Waals surface area contributed by atoms with Crippen molar-refractivity contribution >= 4 is 5.91 Å². The molecule has 0 bridgehead atoms. The van der Waals surface area contributed by atoms with Crippen molar-refractivity contribution in [3.8, 4) is 17.2 Å². The zero-order valence-corrected chi connectivity index (χ0v) is 17.6. The summed E-state index contributed by atoms with van der Waals surface area (Å²) in [4.78, 5) is 12.5. The van der Waals surface area contributed by atoms with Crippen LogP contribution in [0.4, 0.5) is 4.39 Å². The molecule has 0 aliphatic heterocycles. The lowest BCUT2D eigenvalue weighted by Gasteiger charge is -2.18. The number of halogens is 1. The van der Waals surface area contributed by atoms with Crippen LogP contribution in [0.1, 0.15) is 24.5 Å². The number of carbonyl (C=O) groups excluding carboxylic acids is 1. The van der Waals surface area contributed by atoms with Gasteiger partial charge >= 0.3 is 0 Å². The second-order valence-electron chi connectivity index (χ2n) is 6.97. The highest BCUT2D eigenvalue weighted by Gasteiger charge is 2.18. The Morgan fingerprint density at radius 1 is 0.935 bits per heavy atom. The smallest absolute Gasteiger partial charge is 0.261 e. The van der Waals surface area contributed by atoms with Crippen LogP contribution in [0.3, 0.4) is 0 Å². The predicted molar refractivity (Wildman–Crippen MR) is 117 cm³/mol. The topological polar surface area (TPSA) is 56.8 Å². The summed E-state index contributed by atoms with van der Waals surface area (Å²) in [5.74, 6) is 1.52. The first-order valence-corrected chi connectivity index (χ1v) is 10.1. The van der Waals surface area contributed by atoms with Crippen LogP contribution in [-0.2, 0) is 17.9 Å². The molecule has 1 unspecified atom stereocenters. The van der Waals surface area contributed by atoms with E-state index >= 15 is 0 Å². The van der Waals surface area contributed by atoms with Gasteiger partial charge in [-0.25, -0.2) is 4.39 Å². The minimum absolute atomic E-state index is 0.179. The van der Waals surface area contributed by atoms with E-state index in [-0.39, 0.29) is 11.7 Å². The van der Waals surface area contributed by atoms with E-state index in [2.05, 4.69) is 5.32 Å². The second-order valence-corrected chi connectivity index (χ2v) is 6.97. The van der Waals surface area contributed by atoms with Crippen LogP contribution >= 0.6 is 0 Å². The lowest BCUT2D eigenvalue weighted by atomic mass is 10.2. The molecule has 0 aliphatic carbocycles. The monoisotopic (exact) mass is 423 g/mol. The molecule has 6 heteroatoms. The Balaban J connectivity index is 1.48. The van der Waals surface area contributed by atoms with Crippen molar-refractivity contribution < 1.29 is 23.4 Å². The van der Waals surface area contributed by atoms with Crippen molar-refractivity contribution in [3.63, 3.8) is 0 Å². The van der Waals surface area contributed by atoms with Crippen LogP contribution in [-0.4, -0.2) is 19.1 Å². The predicted octanol–water partition coefficient (Wildman–Crippen LogP) is 4.89. The lowest BCUT2D eigenvalue weighted by Crippen LogP contribution is -2.37. The van der Waals surface area contributed by atoms with Crippen molar-refractivity contribution in [2.24, 2.45) is 0 Å². The van der Waals surface area contributed by atoms with Crippen molar-refractivity contribution in [2.45, 2.75) is 32.6 Å². The minimum Gasteiger partial charge on any atom is -0.497 e. The van der Waals surface area contributed by atoms with Gasteiger partial charge in [-0.1, -0.05) is 37.3 Å². The van der Waals surface area contributed by atoms with Gasteiger partial charge < -0.3 is 19.5 Å². The van der Waals surface area contributed by atoms with Crippen LogP contribution in [0.2, 0.25) is 0 Å². The van der Waals surface area contributed by atoms with Crippen LogP contribution in [0.25, 0.3) is 0 Å². The summed E-state index contributed by atoms with van der Waals surface area (Å²) in [7, 11) is 1.59. The Morgan fingerprint density at radius 3 is 2.29 bits per heavy atom. The van der Waals surface area contributed by atoms with E-state index in [1.165, 1.54) is 12.1 Å². The van der Waals surface area contributed by atoms with Gasteiger partial charge in [0.2, 0.25) is 0 Å². The number of ether oxygens (including phenoxy) is 3. The van der Waals surface area contributed by atoms with Gasteiger partial charge in [-0.2, -0.15) is 0 Å². The molecule has 3 aromatic carbocycles. The molecule has 31 heavy (non-hydrogen) atoms. The molecule has 0 heterocycles. The summed E-state index contributed by atoms with van der Waals surface area (Å²) in [5.41, 5.74) is 1.83. The zero-order chi connectivity index (χ0) is 22.1. The van der Waals surface area contributed by atoms with Gasteiger partial charge in [0.15, 0.2) is 6.10 Å². The average molecular weight is 423 g/mol. The molecule has 3 aromatic rings. The third kappa shape index (κ3) is 6.74. The minimum atomic E-state index is -0.592. The molecule has 0 aromatic heterocycles. The average Bonchev–Trinajstić information content (AvgIpc) is 2.81. The summed E-state index contributed by atoms with van der Waals surface area (Å²) in [5, 5.41) is 2.91. The molecule has 0 spiro atoms. The maximum atomic E-state index is 13.0. The molecule has 0 saturated carbocycles. The first-order chi connectivity index (χ1) is 15.1. The summed E-state index contributed by atoms with van der Waals surface area (Å²) in [6, 6.07) is 20.9. The fourth-order valence-corrected chi connectivity index (χ4v) is 2.91. The highest BCUT2D eigenvalue weighted by Crippen LogP contribution is 2.21. The quantitative estimate of drug-likeness (QED) is 0.505. The Kier molecular flexibility index (Phi) is 7.87. The van der Waals surface area contributed by atoms with E-state index in [9.17, 15) is 9.18 Å². The fraction of sp³-hybridized carbons (Fsp3) is 0.240. The highest BCUT2D eigenvalue weighted by atomic mass is 19.1. The molecule has 0 fully saturated rings. The number of amides is 1. The fourth-order valence-electron chi connectivity index (χ4n) is 2.91. The number of hydrogen-bond donors (Lipinski definition) is 1. The van der Waals surface area contributed by atoms with Gasteiger partial charge in [0, 0.05) is 12.6 Å². The van der Waals surface area contributed by atoms with Crippen molar-refractivity contribution in [1.29, 1.82) is 0 Å². The lowest BCUT2D eigenvalue weighted by molar-refractivity contribution is -0.128. The first kappa shape index (κ1) is 22.2. The molecule has 0 aliphatic rings. The molecule has 1 N–H and O–H groups in total. The second kappa shape index (κ2) is 11.0. The molecule has 0 saturated heterocycles. The van der Waals surface area contributed by atoms with E-state index in [1.807, 2.05) is 43.3 Å². The van der Waals surface area contributed by atoms with Gasteiger partial charge in [0.1, 0.15) is 29.7 Å². The van der Waals surface area contributed by atoms with Gasteiger partial charge in [0.25, 0.3) is 5.91 Å². The number of hydrogen-bond acceptors (Lipinski definition) is 4. The molecule has 1 atom stereocenters. The zero-order valence-electron chi connectivity index (χ0n) is 17.6. The molecule has 3 rings (SSSR count). The Morgan fingerprint density at radius 2 is 1.61 bits per heavy atom. The van der Waals surface area contributed by atoms with Gasteiger partial charge in [-0.15, -0.1) is 0 Å². The Bertz CT molecular complexity index is 974. The summed E-state index contributed by atoms with van der Waals surface area (Å²) in [6.45, 7) is 2.64. The van der Waals surface area contributed by atoms with E-state index in [1.54, 1.807) is 31.4 Å². The number of benzene rings is 3. The molecular weight excluding hydrogens is 397 g/mol. The summed E-state index contributed by atoms with van der Waals surface area (Å²) < 4.78 is 29.7. The molecule has 1 amide bonds. The third-order valence-corrected chi connectivity index (χ3v) is 4.69. The summed E-state index contributed by atoms with van der Waals surface area (Å²) >= 11 is 0. The first-order valence-electron chi connectivity index (χ1n) is 10.1. The van der Waals surface area contributed by atoms with Crippen LogP contribution in [0.5, 0.6) is 17.2 Å². The SMILES string of the molecule is CCC(Oc1cccc(OC)c1)C(=O)NCc1ccc(OCc2ccc(F)cc2)cc1. The van der Waals surface area contributed by atoms with Crippen LogP contribution < -0.4 is 19.5 Å². The number of nitrogens with one attached hydrogen (secondary N) is 1. The van der Waals surface area contributed by atoms with Gasteiger partial charge in [-0.3, -0.25) is 4.79 Å². The van der Waals surface area contributed by atoms with E-state index in [0.29, 0.717) is 36.8 Å². The normalized spacial score (nSPS) is 11.5. The molecule has 0 radical (unpaired) electrons. The van der Waals surface area contributed by atoms with Crippen LogP contribution in [0, 0.1) is 5.82 Å². The van der Waals surface area contributed by atoms with E-state index in [0.717, 1.165) is 11.1 Å². The standard InChI is InChI=1S/C25H26FNO4/c1-3-24(31-23-6-4-5-22(15-23)29-2)25(28)27-16-18-9-13-21(14-10-18)30-17-19-7-11-20(26)12-8-19/h4-15,24H,3,16-17H2,1-2H3,(H,27,28). The van der Waals surface area contributed by atoms with E-state index < -0.39 is 6.10 Å². The number of carbonyl (C=O) groups is 1. The maximum absolute atomic E-state index is 13.0. The van der Waals surface area contributed by atoms with Crippen molar-refractivity contribution in [3.05, 3.63) is 89.7 Å². The highest BCUT2D eigenvalue weighted by molar-refractivity contribution is 5.81. The van der Waals surface area contributed by atoms with Crippen molar-refractivity contribution in [2.75, 3.05) is 7.11 Å². The maximum Gasteiger partial charge on any atom is 0.261 e. The Labute approximate surface area is 181 Å². The Hall–Kier alpha value is -3.54. The largest absolute Gasteiger partial charge is 0.497 e. The molecule has 5 nitrogen and oxygen atoms in total.